The number of aliphatic hydroxyl groups is 1. The normalized spacial score (nSPS) is 12.2. The van der Waals surface area contributed by atoms with Crippen molar-refractivity contribution in [2.45, 2.75) is 12.6 Å². The summed E-state index contributed by atoms with van der Waals surface area (Å²) in [5.41, 5.74) is 4.71. The molecule has 0 aliphatic carbocycles. The fraction of sp³-hybridized carbons (Fsp3) is 0.185. The molecule has 1 aromatic heterocycles. The van der Waals surface area contributed by atoms with Crippen molar-refractivity contribution in [1.29, 1.82) is 0 Å². The summed E-state index contributed by atoms with van der Waals surface area (Å²) in [7, 11) is 3.20. The Balaban J connectivity index is 1.63. The van der Waals surface area contributed by atoms with Crippen molar-refractivity contribution in [1.82, 2.24) is 15.5 Å². The molecule has 0 radical (unpaired) electrons. The Kier molecular flexibility index (Phi) is 7.37. The summed E-state index contributed by atoms with van der Waals surface area (Å²) in [6.45, 7) is 0.349. The van der Waals surface area contributed by atoms with Crippen LogP contribution in [0.1, 0.15) is 38.8 Å². The highest BCUT2D eigenvalue weighted by molar-refractivity contribution is 6.05. The number of rotatable bonds is 9. The summed E-state index contributed by atoms with van der Waals surface area (Å²) < 4.78 is 10.8. The van der Waals surface area contributed by atoms with E-state index in [1.807, 2.05) is 66.7 Å². The first-order chi connectivity index (χ1) is 16.6. The van der Waals surface area contributed by atoms with Gasteiger partial charge < -0.3 is 19.9 Å². The summed E-state index contributed by atoms with van der Waals surface area (Å²) in [6, 6.07) is 20.3. The Morgan fingerprint density at radius 2 is 1.82 bits per heavy atom. The molecule has 0 spiro atoms. The average Bonchev–Trinajstić information content (AvgIpc) is 3.30. The topological polar surface area (TPSA) is 96.5 Å². The number of fused-ring (bicyclic) bond motifs is 1. The molecule has 174 valence electrons. The second-order valence-corrected chi connectivity index (χ2v) is 7.81. The van der Waals surface area contributed by atoms with Crippen LogP contribution in [-0.4, -0.2) is 42.0 Å². The number of ether oxygens (including phenoxy) is 2. The van der Waals surface area contributed by atoms with Gasteiger partial charge in [-0.15, -0.1) is 0 Å². The predicted molar refractivity (Wildman–Crippen MR) is 132 cm³/mol. The Labute approximate surface area is 198 Å². The summed E-state index contributed by atoms with van der Waals surface area (Å²) in [4.78, 5) is 13.1. The maximum absolute atomic E-state index is 13.1. The number of aliphatic hydroxyl groups excluding tert-OH is 1. The first-order valence-corrected chi connectivity index (χ1v) is 10.9. The van der Waals surface area contributed by atoms with Gasteiger partial charge in [-0.1, -0.05) is 60.7 Å². The molecule has 4 aromatic rings. The van der Waals surface area contributed by atoms with Crippen molar-refractivity contribution in [2.75, 3.05) is 20.8 Å². The second-order valence-electron chi connectivity index (χ2n) is 7.81. The van der Waals surface area contributed by atoms with Crippen molar-refractivity contribution in [3.8, 4) is 5.75 Å². The molecule has 1 atom stereocenters. The average molecular weight is 458 g/mol. The lowest BCUT2D eigenvalue weighted by Gasteiger charge is -2.18. The molecule has 0 fully saturated rings. The van der Waals surface area contributed by atoms with Crippen LogP contribution in [0.3, 0.4) is 0 Å². The molecule has 1 amide bonds. The van der Waals surface area contributed by atoms with Crippen LogP contribution in [-0.2, 0) is 11.3 Å². The van der Waals surface area contributed by atoms with Gasteiger partial charge in [0.15, 0.2) is 0 Å². The number of methoxy groups -OCH3 is 2. The lowest BCUT2D eigenvalue weighted by Crippen LogP contribution is -2.31. The number of nitrogens with zero attached hydrogens (tertiary/aromatic N) is 1. The van der Waals surface area contributed by atoms with E-state index in [0.717, 1.165) is 22.4 Å². The maximum Gasteiger partial charge on any atom is 0.255 e. The monoisotopic (exact) mass is 457 g/mol. The summed E-state index contributed by atoms with van der Waals surface area (Å²) in [5.74, 6) is 0.0788. The van der Waals surface area contributed by atoms with E-state index in [0.29, 0.717) is 28.8 Å². The number of carbonyl (C=O) groups excluding carboxylic acids is 1. The first kappa shape index (κ1) is 23.2. The molecular weight excluding hydrogens is 430 g/mol. The molecule has 0 saturated heterocycles. The number of aromatic amines is 1. The van der Waals surface area contributed by atoms with Crippen molar-refractivity contribution >= 4 is 29.0 Å². The van der Waals surface area contributed by atoms with E-state index in [-0.39, 0.29) is 12.5 Å². The van der Waals surface area contributed by atoms with E-state index < -0.39 is 6.04 Å². The van der Waals surface area contributed by atoms with E-state index in [4.69, 9.17) is 9.47 Å². The van der Waals surface area contributed by atoms with Gasteiger partial charge in [0.05, 0.1) is 48.5 Å². The molecule has 0 aliphatic rings. The number of H-pyrrole nitrogens is 1. The number of carbonyl (C=O) groups is 1. The molecule has 0 unspecified atom stereocenters. The lowest BCUT2D eigenvalue weighted by molar-refractivity contribution is 0.0913. The van der Waals surface area contributed by atoms with E-state index >= 15 is 0 Å². The first-order valence-electron chi connectivity index (χ1n) is 10.9. The van der Waals surface area contributed by atoms with Gasteiger partial charge in [0.25, 0.3) is 5.91 Å². The zero-order valence-corrected chi connectivity index (χ0v) is 19.1. The fourth-order valence-electron chi connectivity index (χ4n) is 3.84. The van der Waals surface area contributed by atoms with Crippen LogP contribution in [0.15, 0.2) is 66.7 Å². The minimum atomic E-state index is -0.529. The Morgan fingerprint density at radius 1 is 1.06 bits per heavy atom. The van der Waals surface area contributed by atoms with Gasteiger partial charge >= 0.3 is 0 Å². The van der Waals surface area contributed by atoms with Gasteiger partial charge in [0.2, 0.25) is 0 Å². The van der Waals surface area contributed by atoms with Gasteiger partial charge in [0, 0.05) is 7.11 Å². The Morgan fingerprint density at radius 3 is 2.50 bits per heavy atom. The van der Waals surface area contributed by atoms with Crippen molar-refractivity contribution in [3.63, 3.8) is 0 Å². The van der Waals surface area contributed by atoms with Crippen LogP contribution in [0.2, 0.25) is 0 Å². The minimum Gasteiger partial charge on any atom is -0.495 e. The number of aromatic nitrogens is 2. The van der Waals surface area contributed by atoms with E-state index in [2.05, 4.69) is 15.5 Å². The minimum absolute atomic E-state index is 0.219. The molecule has 1 heterocycles. The van der Waals surface area contributed by atoms with Crippen molar-refractivity contribution < 1.29 is 19.4 Å². The highest BCUT2D eigenvalue weighted by atomic mass is 16.5. The highest BCUT2D eigenvalue weighted by Gasteiger charge is 2.21. The Hall–Kier alpha value is -3.94. The van der Waals surface area contributed by atoms with E-state index in [1.54, 1.807) is 19.2 Å². The fourth-order valence-corrected chi connectivity index (χ4v) is 3.84. The summed E-state index contributed by atoms with van der Waals surface area (Å²) >= 11 is 0. The van der Waals surface area contributed by atoms with Gasteiger partial charge in [0.1, 0.15) is 5.75 Å². The molecule has 7 heteroatoms. The van der Waals surface area contributed by atoms with Gasteiger partial charge in [-0.2, -0.15) is 5.10 Å². The molecule has 34 heavy (non-hydrogen) atoms. The van der Waals surface area contributed by atoms with Crippen LogP contribution in [0.5, 0.6) is 5.75 Å². The number of benzene rings is 3. The van der Waals surface area contributed by atoms with Gasteiger partial charge in [-0.3, -0.25) is 9.89 Å². The molecule has 0 saturated carbocycles. The van der Waals surface area contributed by atoms with Crippen LogP contribution in [0, 0.1) is 0 Å². The molecule has 3 N–H and O–H groups in total. The van der Waals surface area contributed by atoms with Crippen molar-refractivity contribution in [3.05, 3.63) is 94.7 Å². The van der Waals surface area contributed by atoms with E-state index in [1.165, 1.54) is 7.11 Å². The third-order valence-corrected chi connectivity index (χ3v) is 5.57. The molecule has 3 aromatic carbocycles. The Bertz CT molecular complexity index is 1280. The predicted octanol–water partition coefficient (Wildman–Crippen LogP) is 4.35. The van der Waals surface area contributed by atoms with Crippen LogP contribution < -0.4 is 10.1 Å². The zero-order valence-electron chi connectivity index (χ0n) is 19.1. The van der Waals surface area contributed by atoms with Gasteiger partial charge in [-0.05, 0) is 34.9 Å². The summed E-state index contributed by atoms with van der Waals surface area (Å²) in [6.07, 6.45) is 3.87. The third kappa shape index (κ3) is 5.01. The van der Waals surface area contributed by atoms with Crippen LogP contribution >= 0.6 is 0 Å². The molecular formula is C27H27N3O4. The number of amides is 1. The molecule has 4 rings (SSSR count). The lowest BCUT2D eigenvalue weighted by atomic mass is 10.0. The van der Waals surface area contributed by atoms with Crippen LogP contribution in [0.4, 0.5) is 0 Å². The standard InChI is InChI=1S/C27H27N3O4/c1-33-17-19-10-8-18(9-11-19)12-14-22-25-23(30-29-22)15-13-21(26(25)34-2)27(32)28-24(16-31)20-6-4-3-5-7-20/h3-15,24,31H,16-17H2,1-2H3,(H,28,32)(H,29,30)/t24-/m1/s1. The second kappa shape index (κ2) is 10.8. The number of nitrogens with one attached hydrogen (secondary N) is 2. The van der Waals surface area contributed by atoms with Crippen LogP contribution in [0.25, 0.3) is 23.1 Å². The third-order valence-electron chi connectivity index (χ3n) is 5.57. The summed E-state index contributed by atoms with van der Waals surface area (Å²) in [5, 5.41) is 20.8. The molecule has 0 bridgehead atoms. The van der Waals surface area contributed by atoms with Gasteiger partial charge in [-0.25, -0.2) is 0 Å². The smallest absolute Gasteiger partial charge is 0.255 e. The quantitative estimate of drug-likeness (QED) is 0.347. The SMILES string of the molecule is COCc1ccc(C=Cc2[nH]nc3ccc(C(=O)N[C@H](CO)c4ccccc4)c(OC)c23)cc1. The highest BCUT2D eigenvalue weighted by Crippen LogP contribution is 2.32. The molecule has 7 nitrogen and oxygen atoms in total. The maximum atomic E-state index is 13.1. The number of hydrogen-bond acceptors (Lipinski definition) is 5. The molecule has 0 aliphatic heterocycles. The zero-order chi connectivity index (χ0) is 23.9. The van der Waals surface area contributed by atoms with Crippen molar-refractivity contribution in [2.24, 2.45) is 0 Å². The number of hydrogen-bond donors (Lipinski definition) is 3. The van der Waals surface area contributed by atoms with E-state index in [9.17, 15) is 9.90 Å². The largest absolute Gasteiger partial charge is 0.495 e.